The average molecular weight is 460 g/mol. The van der Waals surface area contributed by atoms with E-state index in [1.807, 2.05) is 0 Å². The largest absolute Gasteiger partial charge is 0.573 e. The summed E-state index contributed by atoms with van der Waals surface area (Å²) in [6.45, 7) is 6.84. The molecule has 178 valence electrons. The van der Waals surface area contributed by atoms with E-state index in [1.54, 1.807) is 12.1 Å². The molecule has 7 heteroatoms. The molecule has 2 heterocycles. The van der Waals surface area contributed by atoms with Crippen molar-refractivity contribution < 1.29 is 17.9 Å². The highest BCUT2D eigenvalue weighted by molar-refractivity contribution is 5.96. The number of piperidine rings is 1. The molecule has 1 aliphatic heterocycles. The summed E-state index contributed by atoms with van der Waals surface area (Å²) >= 11 is 0. The Kier molecular flexibility index (Phi) is 7.29. The van der Waals surface area contributed by atoms with Gasteiger partial charge in [0.25, 0.3) is 0 Å². The van der Waals surface area contributed by atoms with Gasteiger partial charge in [-0.05, 0) is 80.2 Å². The normalized spacial score (nSPS) is 15.9. The summed E-state index contributed by atoms with van der Waals surface area (Å²) in [5.41, 5.74) is 9.97. The lowest BCUT2D eigenvalue weighted by atomic mass is 9.94. The number of rotatable bonds is 8. The molecule has 1 aromatic heterocycles. The standard InChI is InChI=1S/C26H32F3N3O/c1-2-19-10-14-31(15-11-19)17-20-4-9-25-23(16-20)24(18-32(25)13-3-12-30)21-5-7-22(8-6-21)33-26(27,28)29/h4-9,16,18-19H,2-3,10-15,17,30H2,1H3. The van der Waals surface area contributed by atoms with Crippen molar-refractivity contribution in [1.82, 2.24) is 9.47 Å². The highest BCUT2D eigenvalue weighted by Gasteiger charge is 2.31. The summed E-state index contributed by atoms with van der Waals surface area (Å²) in [5, 5.41) is 1.11. The van der Waals surface area contributed by atoms with E-state index in [1.165, 1.54) is 37.0 Å². The molecule has 1 fully saturated rings. The highest BCUT2D eigenvalue weighted by atomic mass is 19.4. The summed E-state index contributed by atoms with van der Waals surface area (Å²) in [5.74, 6) is 0.630. The summed E-state index contributed by atoms with van der Waals surface area (Å²) < 4.78 is 43.8. The number of nitrogens with zero attached hydrogens (tertiary/aromatic N) is 2. The van der Waals surface area contributed by atoms with E-state index in [2.05, 4.69) is 45.5 Å². The molecule has 2 N–H and O–H groups in total. The number of hydrogen-bond acceptors (Lipinski definition) is 3. The SMILES string of the molecule is CCC1CCN(Cc2ccc3c(c2)c(-c2ccc(OC(F)(F)F)cc2)cn3CCCN)CC1. The van der Waals surface area contributed by atoms with Crippen molar-refractivity contribution in [2.75, 3.05) is 19.6 Å². The van der Waals surface area contributed by atoms with Gasteiger partial charge in [-0.1, -0.05) is 31.5 Å². The first-order valence-corrected chi connectivity index (χ1v) is 11.8. The van der Waals surface area contributed by atoms with Gasteiger partial charge < -0.3 is 15.0 Å². The Hall–Kier alpha value is -2.51. The van der Waals surface area contributed by atoms with Crippen LogP contribution in [0.15, 0.2) is 48.7 Å². The van der Waals surface area contributed by atoms with Gasteiger partial charge in [0, 0.05) is 35.8 Å². The first-order chi connectivity index (χ1) is 15.9. The van der Waals surface area contributed by atoms with Gasteiger partial charge in [-0.25, -0.2) is 0 Å². The third kappa shape index (κ3) is 5.89. The summed E-state index contributed by atoms with van der Waals surface area (Å²) in [6.07, 6.45) is 2.01. The summed E-state index contributed by atoms with van der Waals surface area (Å²) in [7, 11) is 0. The lowest BCUT2D eigenvalue weighted by Crippen LogP contribution is -2.32. The molecule has 0 radical (unpaired) electrons. The molecule has 4 nitrogen and oxygen atoms in total. The van der Waals surface area contributed by atoms with Crippen LogP contribution in [0, 0.1) is 5.92 Å². The average Bonchev–Trinajstić information content (AvgIpc) is 3.15. The van der Waals surface area contributed by atoms with E-state index >= 15 is 0 Å². The van der Waals surface area contributed by atoms with Crippen LogP contribution in [-0.4, -0.2) is 35.5 Å². The minimum Gasteiger partial charge on any atom is -0.406 e. The lowest BCUT2D eigenvalue weighted by Gasteiger charge is -2.31. The fourth-order valence-corrected chi connectivity index (χ4v) is 4.77. The van der Waals surface area contributed by atoms with E-state index < -0.39 is 6.36 Å². The minimum atomic E-state index is -4.69. The van der Waals surface area contributed by atoms with Crippen molar-refractivity contribution >= 4 is 10.9 Å². The zero-order chi connectivity index (χ0) is 23.4. The van der Waals surface area contributed by atoms with E-state index in [0.717, 1.165) is 60.5 Å². The molecule has 0 saturated carbocycles. The predicted octanol–water partition coefficient (Wildman–Crippen LogP) is 6.18. The second-order valence-corrected chi connectivity index (χ2v) is 8.93. The molecular weight excluding hydrogens is 427 g/mol. The van der Waals surface area contributed by atoms with Crippen molar-refractivity contribution in [2.45, 2.75) is 52.1 Å². The van der Waals surface area contributed by atoms with Gasteiger partial charge in [-0.2, -0.15) is 0 Å². The van der Waals surface area contributed by atoms with Crippen LogP contribution in [0.25, 0.3) is 22.0 Å². The number of hydrogen-bond donors (Lipinski definition) is 1. The van der Waals surface area contributed by atoms with Gasteiger partial charge in [-0.15, -0.1) is 13.2 Å². The maximum Gasteiger partial charge on any atom is 0.573 e. The lowest BCUT2D eigenvalue weighted by molar-refractivity contribution is -0.274. The molecule has 3 aromatic rings. The van der Waals surface area contributed by atoms with Crippen molar-refractivity contribution in [1.29, 1.82) is 0 Å². The van der Waals surface area contributed by atoms with Crippen LogP contribution in [-0.2, 0) is 13.1 Å². The number of nitrogens with two attached hydrogens (primary N) is 1. The van der Waals surface area contributed by atoms with Gasteiger partial charge in [0.2, 0.25) is 0 Å². The smallest absolute Gasteiger partial charge is 0.406 e. The quantitative estimate of drug-likeness (QED) is 0.438. The Balaban J connectivity index is 1.62. The minimum absolute atomic E-state index is 0.214. The van der Waals surface area contributed by atoms with Crippen LogP contribution in [0.2, 0.25) is 0 Å². The number of aromatic nitrogens is 1. The molecule has 0 atom stereocenters. The Bertz CT molecular complexity index is 1050. The van der Waals surface area contributed by atoms with Crippen LogP contribution < -0.4 is 10.5 Å². The Morgan fingerprint density at radius 3 is 2.42 bits per heavy atom. The molecule has 1 saturated heterocycles. The number of alkyl halides is 3. The highest BCUT2D eigenvalue weighted by Crippen LogP contribution is 2.34. The van der Waals surface area contributed by atoms with Gasteiger partial charge in [0.15, 0.2) is 0 Å². The monoisotopic (exact) mass is 459 g/mol. The molecule has 0 spiro atoms. The molecule has 2 aromatic carbocycles. The molecular formula is C26H32F3N3O. The van der Waals surface area contributed by atoms with Crippen molar-refractivity contribution in [3.8, 4) is 16.9 Å². The van der Waals surface area contributed by atoms with Crippen molar-refractivity contribution in [3.63, 3.8) is 0 Å². The molecule has 0 unspecified atom stereocenters. The number of aryl methyl sites for hydroxylation is 1. The van der Waals surface area contributed by atoms with Crippen LogP contribution in [0.3, 0.4) is 0 Å². The zero-order valence-corrected chi connectivity index (χ0v) is 19.1. The van der Waals surface area contributed by atoms with Crippen LogP contribution in [0.5, 0.6) is 5.75 Å². The maximum atomic E-state index is 12.5. The van der Waals surface area contributed by atoms with E-state index in [4.69, 9.17) is 5.73 Å². The second-order valence-electron chi connectivity index (χ2n) is 8.93. The van der Waals surface area contributed by atoms with Crippen LogP contribution >= 0.6 is 0 Å². The number of halogens is 3. The molecule has 1 aliphatic rings. The molecule has 0 aliphatic carbocycles. The molecule has 33 heavy (non-hydrogen) atoms. The molecule has 0 amide bonds. The Labute approximate surface area is 193 Å². The zero-order valence-electron chi connectivity index (χ0n) is 19.1. The van der Waals surface area contributed by atoms with E-state index in [9.17, 15) is 13.2 Å². The third-order valence-electron chi connectivity index (χ3n) is 6.64. The van der Waals surface area contributed by atoms with Gasteiger partial charge in [0.05, 0.1) is 0 Å². The number of ether oxygens (including phenoxy) is 1. The third-order valence-corrected chi connectivity index (χ3v) is 6.64. The van der Waals surface area contributed by atoms with Gasteiger partial charge >= 0.3 is 6.36 Å². The van der Waals surface area contributed by atoms with Crippen molar-refractivity contribution in [2.24, 2.45) is 11.7 Å². The van der Waals surface area contributed by atoms with Crippen molar-refractivity contribution in [3.05, 3.63) is 54.2 Å². The first kappa shape index (κ1) is 23.6. The Morgan fingerprint density at radius 2 is 1.79 bits per heavy atom. The van der Waals surface area contributed by atoms with E-state index in [0.29, 0.717) is 6.54 Å². The maximum absolute atomic E-state index is 12.5. The first-order valence-electron chi connectivity index (χ1n) is 11.8. The Morgan fingerprint density at radius 1 is 1.06 bits per heavy atom. The van der Waals surface area contributed by atoms with Gasteiger partial charge in [-0.3, -0.25) is 4.90 Å². The topological polar surface area (TPSA) is 43.4 Å². The fraction of sp³-hybridized carbons (Fsp3) is 0.462. The number of likely N-dealkylation sites (tertiary alicyclic amines) is 1. The van der Waals surface area contributed by atoms with E-state index in [-0.39, 0.29) is 5.75 Å². The summed E-state index contributed by atoms with van der Waals surface area (Å²) in [6, 6.07) is 12.7. The molecule has 4 rings (SSSR count). The molecule has 0 bridgehead atoms. The summed E-state index contributed by atoms with van der Waals surface area (Å²) in [4.78, 5) is 2.52. The number of benzene rings is 2. The van der Waals surface area contributed by atoms with Crippen LogP contribution in [0.4, 0.5) is 13.2 Å². The fourth-order valence-electron chi connectivity index (χ4n) is 4.77. The predicted molar refractivity (Wildman–Crippen MR) is 126 cm³/mol. The number of fused-ring (bicyclic) bond motifs is 1. The second kappa shape index (κ2) is 10.2. The van der Waals surface area contributed by atoms with Crippen LogP contribution in [0.1, 0.15) is 38.2 Å². The van der Waals surface area contributed by atoms with Gasteiger partial charge in [0.1, 0.15) is 5.75 Å².